The summed E-state index contributed by atoms with van der Waals surface area (Å²) in [5.41, 5.74) is 0.445. The summed E-state index contributed by atoms with van der Waals surface area (Å²) in [7, 11) is 1.45. The van der Waals surface area contributed by atoms with Gasteiger partial charge in [-0.25, -0.2) is 0 Å². The van der Waals surface area contributed by atoms with Crippen molar-refractivity contribution in [1.29, 1.82) is 0 Å². The Morgan fingerprint density at radius 1 is 1.42 bits per heavy atom. The summed E-state index contributed by atoms with van der Waals surface area (Å²) in [6, 6.07) is 4.97. The lowest BCUT2D eigenvalue weighted by Crippen LogP contribution is -2.27. The number of aromatic hydroxyl groups is 1. The number of nitrogens with zero attached hydrogens (tertiary/aromatic N) is 1. The molecule has 100 valence electrons. The van der Waals surface area contributed by atoms with E-state index in [4.69, 9.17) is 4.74 Å². The van der Waals surface area contributed by atoms with Crippen LogP contribution in [-0.4, -0.2) is 34.8 Å². The van der Waals surface area contributed by atoms with Crippen molar-refractivity contribution in [3.63, 3.8) is 0 Å². The Kier molecular flexibility index (Phi) is 3.80. The van der Waals surface area contributed by atoms with Crippen molar-refractivity contribution in [1.82, 2.24) is 4.90 Å². The fourth-order valence-electron chi connectivity index (χ4n) is 1.73. The predicted molar refractivity (Wildman–Crippen MR) is 73.0 cm³/mol. The first-order valence-corrected chi connectivity index (χ1v) is 6.51. The topological polar surface area (TPSA) is 66.8 Å². The SMILES string of the molecule is CCN1C(=O)S/C(=C\c2cccc(OC)c2O)C1=O. The van der Waals surface area contributed by atoms with Crippen LogP contribution in [0.25, 0.3) is 6.08 Å². The molecule has 0 unspecified atom stereocenters. The fourth-order valence-corrected chi connectivity index (χ4v) is 2.63. The van der Waals surface area contributed by atoms with Crippen molar-refractivity contribution in [3.05, 3.63) is 28.7 Å². The number of para-hydroxylation sites is 1. The Labute approximate surface area is 114 Å². The molecule has 1 N–H and O–H groups in total. The third-order valence-electron chi connectivity index (χ3n) is 2.73. The van der Waals surface area contributed by atoms with Crippen molar-refractivity contribution in [2.45, 2.75) is 6.92 Å². The molecular weight excluding hydrogens is 266 g/mol. The maximum atomic E-state index is 11.9. The quantitative estimate of drug-likeness (QED) is 0.861. The first kappa shape index (κ1) is 13.5. The summed E-state index contributed by atoms with van der Waals surface area (Å²) in [5, 5.41) is 9.65. The van der Waals surface area contributed by atoms with Gasteiger partial charge in [-0.05, 0) is 30.8 Å². The van der Waals surface area contributed by atoms with E-state index in [2.05, 4.69) is 0 Å². The van der Waals surface area contributed by atoms with Crippen LogP contribution in [0.5, 0.6) is 11.5 Å². The Morgan fingerprint density at radius 2 is 2.16 bits per heavy atom. The maximum absolute atomic E-state index is 11.9. The van der Waals surface area contributed by atoms with Crippen molar-refractivity contribution >= 4 is 29.0 Å². The van der Waals surface area contributed by atoms with Crippen LogP contribution in [0.1, 0.15) is 12.5 Å². The van der Waals surface area contributed by atoms with E-state index in [0.717, 1.165) is 16.7 Å². The van der Waals surface area contributed by atoms with Crippen molar-refractivity contribution in [3.8, 4) is 11.5 Å². The van der Waals surface area contributed by atoms with Gasteiger partial charge in [0.15, 0.2) is 11.5 Å². The molecule has 1 aromatic carbocycles. The highest BCUT2D eigenvalue weighted by Gasteiger charge is 2.33. The van der Waals surface area contributed by atoms with Crippen molar-refractivity contribution < 1.29 is 19.4 Å². The number of carbonyl (C=O) groups excluding carboxylic acids is 2. The average molecular weight is 279 g/mol. The minimum atomic E-state index is -0.334. The van der Waals surface area contributed by atoms with E-state index in [1.165, 1.54) is 13.2 Å². The van der Waals surface area contributed by atoms with Gasteiger partial charge in [0, 0.05) is 12.1 Å². The molecule has 0 atom stereocenters. The van der Waals surface area contributed by atoms with Gasteiger partial charge in [0.25, 0.3) is 11.1 Å². The second-order valence-corrected chi connectivity index (χ2v) is 4.82. The van der Waals surface area contributed by atoms with Gasteiger partial charge >= 0.3 is 0 Å². The molecule has 0 radical (unpaired) electrons. The van der Waals surface area contributed by atoms with E-state index >= 15 is 0 Å². The second-order valence-electron chi connectivity index (χ2n) is 3.82. The van der Waals surface area contributed by atoms with E-state index in [-0.39, 0.29) is 16.9 Å². The van der Waals surface area contributed by atoms with E-state index in [1.54, 1.807) is 25.1 Å². The lowest BCUT2D eigenvalue weighted by atomic mass is 10.1. The summed E-state index contributed by atoms with van der Waals surface area (Å²) in [6.45, 7) is 2.08. The standard InChI is InChI=1S/C13H13NO4S/c1-3-14-12(16)10(19-13(14)17)7-8-5-4-6-9(18-2)11(8)15/h4-7,15H,3H2,1-2H3/b10-7-. The van der Waals surface area contributed by atoms with Crippen LogP contribution in [0.2, 0.25) is 0 Å². The van der Waals surface area contributed by atoms with Crippen LogP contribution in [0.3, 0.4) is 0 Å². The van der Waals surface area contributed by atoms with E-state index in [9.17, 15) is 14.7 Å². The van der Waals surface area contributed by atoms with Crippen LogP contribution < -0.4 is 4.74 Å². The van der Waals surface area contributed by atoms with Gasteiger partial charge in [-0.1, -0.05) is 12.1 Å². The zero-order valence-electron chi connectivity index (χ0n) is 10.5. The predicted octanol–water partition coefficient (Wildman–Crippen LogP) is 2.46. The first-order chi connectivity index (χ1) is 9.08. The molecule has 1 aliphatic rings. The number of likely N-dealkylation sites (N-methyl/N-ethyl adjacent to an activating group) is 1. The molecule has 1 fully saturated rings. The monoisotopic (exact) mass is 279 g/mol. The summed E-state index contributed by atoms with van der Waals surface area (Å²) < 4.78 is 4.99. The van der Waals surface area contributed by atoms with E-state index < -0.39 is 0 Å². The highest BCUT2D eigenvalue weighted by molar-refractivity contribution is 8.18. The lowest BCUT2D eigenvalue weighted by Gasteiger charge is -2.07. The Hall–Kier alpha value is -1.95. The number of rotatable bonds is 3. The smallest absolute Gasteiger partial charge is 0.293 e. The normalized spacial score (nSPS) is 17.4. The molecule has 1 aliphatic heterocycles. The molecule has 0 aromatic heterocycles. The molecule has 0 saturated carbocycles. The van der Waals surface area contributed by atoms with Gasteiger partial charge in [0.1, 0.15) is 0 Å². The number of hydrogen-bond acceptors (Lipinski definition) is 5. The average Bonchev–Trinajstić information content (AvgIpc) is 2.66. The lowest BCUT2D eigenvalue weighted by molar-refractivity contribution is -0.122. The minimum Gasteiger partial charge on any atom is -0.504 e. The number of carbonyl (C=O) groups is 2. The van der Waals surface area contributed by atoms with E-state index in [1.807, 2.05) is 0 Å². The fraction of sp³-hybridized carbons (Fsp3) is 0.231. The minimum absolute atomic E-state index is 0.0479. The third-order valence-corrected chi connectivity index (χ3v) is 3.63. The highest BCUT2D eigenvalue weighted by Crippen LogP contribution is 2.36. The maximum Gasteiger partial charge on any atom is 0.293 e. The van der Waals surface area contributed by atoms with Crippen LogP contribution >= 0.6 is 11.8 Å². The number of ether oxygens (including phenoxy) is 1. The number of methoxy groups -OCH3 is 1. The molecule has 0 spiro atoms. The molecule has 1 saturated heterocycles. The third kappa shape index (κ3) is 2.44. The molecular formula is C13H13NO4S. The number of imide groups is 1. The number of phenols is 1. The molecule has 1 aromatic rings. The molecule has 6 heteroatoms. The van der Waals surface area contributed by atoms with Crippen LogP contribution in [-0.2, 0) is 4.79 Å². The molecule has 5 nitrogen and oxygen atoms in total. The Morgan fingerprint density at radius 3 is 2.74 bits per heavy atom. The summed E-state index contributed by atoms with van der Waals surface area (Å²) in [5.74, 6) is -0.0588. The number of phenolic OH excluding ortho intramolecular Hbond substituents is 1. The Balaban J connectivity index is 2.38. The number of amides is 2. The van der Waals surface area contributed by atoms with Crippen LogP contribution in [0.15, 0.2) is 23.1 Å². The molecule has 19 heavy (non-hydrogen) atoms. The van der Waals surface area contributed by atoms with Gasteiger partial charge in [0.05, 0.1) is 12.0 Å². The van der Waals surface area contributed by atoms with E-state index in [0.29, 0.717) is 22.8 Å². The molecule has 2 amide bonds. The van der Waals surface area contributed by atoms with Crippen LogP contribution in [0.4, 0.5) is 4.79 Å². The Bertz CT molecular complexity index is 568. The molecule has 0 aliphatic carbocycles. The number of thioether (sulfide) groups is 1. The summed E-state index contributed by atoms with van der Waals surface area (Å²) >= 11 is 0.870. The second kappa shape index (κ2) is 5.36. The summed E-state index contributed by atoms with van der Waals surface area (Å²) in [4.78, 5) is 24.9. The van der Waals surface area contributed by atoms with Gasteiger partial charge in [-0.3, -0.25) is 14.5 Å². The molecule has 1 heterocycles. The van der Waals surface area contributed by atoms with Crippen molar-refractivity contribution in [2.75, 3.05) is 13.7 Å². The van der Waals surface area contributed by atoms with Crippen molar-refractivity contribution in [2.24, 2.45) is 0 Å². The first-order valence-electron chi connectivity index (χ1n) is 5.69. The zero-order valence-corrected chi connectivity index (χ0v) is 11.4. The number of hydrogen-bond donors (Lipinski definition) is 1. The molecule has 2 rings (SSSR count). The largest absolute Gasteiger partial charge is 0.504 e. The van der Waals surface area contributed by atoms with Gasteiger partial charge in [-0.2, -0.15) is 0 Å². The zero-order chi connectivity index (χ0) is 14.0. The summed E-state index contributed by atoms with van der Waals surface area (Å²) in [6.07, 6.45) is 1.50. The van der Waals surface area contributed by atoms with Gasteiger partial charge in [-0.15, -0.1) is 0 Å². The molecule has 0 bridgehead atoms. The number of benzene rings is 1. The van der Waals surface area contributed by atoms with Gasteiger partial charge < -0.3 is 9.84 Å². The highest BCUT2D eigenvalue weighted by atomic mass is 32.2. The van der Waals surface area contributed by atoms with Crippen LogP contribution in [0, 0.1) is 0 Å². The van der Waals surface area contributed by atoms with Gasteiger partial charge in [0.2, 0.25) is 0 Å².